The Morgan fingerprint density at radius 2 is 0.443 bits per heavy atom. The maximum absolute atomic E-state index is 17.5. The van der Waals surface area contributed by atoms with Crippen molar-refractivity contribution >= 4 is 45.2 Å². The van der Waals surface area contributed by atoms with Crippen molar-refractivity contribution in [3.63, 3.8) is 0 Å². The van der Waals surface area contributed by atoms with Gasteiger partial charge in [0.05, 0.1) is 55.6 Å². The average molecular weight is 1450 g/mol. The second-order valence-electron chi connectivity index (χ2n) is 25.9. The number of aromatic nitrogens is 2. The predicted octanol–water partition coefficient (Wildman–Crippen LogP) is 22.5. The van der Waals surface area contributed by atoms with E-state index in [-0.39, 0.29) is 34.2 Å². The minimum absolute atomic E-state index is 0.0770. The standard InChI is InChI=1S/C90H54F10N4S2/c91-77-75(78(92)82(96)85(99)81(77)95)73-61-41-45-65(101-61)87(53-25-9-1-10-26-53,54-27-11-2-12-28-54)69-49-50-70(105-69)88(55-29-13-3-14-30-55,56-31-15-4-16-32-56)66-46-43-63(103-66)74(76-79(93)83(97)86(100)84(98)80(76)94)64-44-48-68(104-64)90(59-37-21-7-22-38-59,60-39-23-8-24-40-60)72-52-51-71(106-72)89(57-33-17-5-18-34-57,58-35-19-6-20-36-58)67-47-42-62(73)102-67/h1-52,101,104H/b73-62+,74-63+. The first-order valence-electron chi connectivity index (χ1n) is 33.9. The third-order valence-corrected chi connectivity index (χ3v) is 23.2. The molecule has 0 amide bonds. The molecule has 3 aliphatic rings. The molecule has 17 rings (SSSR count). The number of allylic oxidation sites excluding steroid dienone is 4. The Bertz CT molecular complexity index is 5360. The average Bonchev–Trinajstić information content (AvgIpc) is 1.54. The van der Waals surface area contributed by atoms with Crippen molar-refractivity contribution < 1.29 is 43.9 Å². The van der Waals surface area contributed by atoms with E-state index in [1.54, 1.807) is 36.4 Å². The second-order valence-corrected chi connectivity index (χ2v) is 28.1. The van der Waals surface area contributed by atoms with Crippen LogP contribution in [0.4, 0.5) is 43.9 Å². The first-order chi connectivity index (χ1) is 51.7. The molecule has 2 N–H and O–H groups in total. The van der Waals surface area contributed by atoms with Gasteiger partial charge >= 0.3 is 0 Å². The molecule has 0 spiro atoms. The highest BCUT2D eigenvalue weighted by molar-refractivity contribution is 7.13. The fourth-order valence-electron chi connectivity index (χ4n) is 15.9. The van der Waals surface area contributed by atoms with Gasteiger partial charge in [0.15, 0.2) is 46.5 Å². The fourth-order valence-corrected chi connectivity index (χ4v) is 18.9. The summed E-state index contributed by atoms with van der Waals surface area (Å²) in [5.74, 6) is -21.7. The van der Waals surface area contributed by atoms with Gasteiger partial charge in [-0.1, -0.05) is 243 Å². The molecule has 0 aliphatic carbocycles. The first kappa shape index (κ1) is 67.0. The molecule has 7 heterocycles. The van der Waals surface area contributed by atoms with Crippen molar-refractivity contribution in [2.45, 2.75) is 21.7 Å². The van der Waals surface area contributed by atoms with Crippen LogP contribution in [0.1, 0.15) is 97.9 Å². The third kappa shape index (κ3) is 10.1. The molecule has 516 valence electrons. The Kier molecular flexibility index (Phi) is 16.7. The number of rotatable bonds is 10. The second kappa shape index (κ2) is 26.5. The molecule has 0 saturated carbocycles. The summed E-state index contributed by atoms with van der Waals surface area (Å²) in [6, 6.07) is 89.4. The SMILES string of the molecule is Fc1c(F)c(F)c(/C2=C3\C=CC(=N3)C(c3ccccc3)(c3ccccc3)c3ccc(s3)C(c3ccccc3)(c3ccccc3)c3ccc([nH]3)/C(c3c(F)c(F)c(F)c(F)c3F)=C3/C=CC(=N3)C(c3ccccc3)(c3ccccc3)c3ccc(s3)C(c3ccccc3)(c3ccccc3)c3ccc2[nH]3)c(F)c1F. The molecule has 14 aromatic rings. The summed E-state index contributed by atoms with van der Waals surface area (Å²) in [6.07, 6.45) is 6.39. The number of hydrogen-bond donors (Lipinski definition) is 2. The van der Waals surface area contributed by atoms with E-state index in [9.17, 15) is 0 Å². The van der Waals surface area contributed by atoms with E-state index in [1.165, 1.54) is 34.8 Å². The molecule has 16 heteroatoms. The summed E-state index contributed by atoms with van der Waals surface area (Å²) in [4.78, 5) is 20.5. The molecule has 4 nitrogen and oxygen atoms in total. The summed E-state index contributed by atoms with van der Waals surface area (Å²) in [5.41, 5.74) is -3.31. The minimum Gasteiger partial charge on any atom is -0.357 e. The van der Waals surface area contributed by atoms with Crippen molar-refractivity contribution in [3.8, 4) is 0 Å². The van der Waals surface area contributed by atoms with E-state index in [2.05, 4.69) is 9.97 Å². The smallest absolute Gasteiger partial charge is 0.200 e. The lowest BCUT2D eigenvalue weighted by Gasteiger charge is -2.36. The minimum atomic E-state index is -2.35. The van der Waals surface area contributed by atoms with E-state index in [1.807, 2.05) is 267 Å². The fraction of sp³-hybridized carbons (Fsp3) is 0.0444. The molecular formula is C90H54F10N4S2. The molecule has 0 unspecified atom stereocenters. The number of aromatic amines is 2. The van der Waals surface area contributed by atoms with E-state index in [0.29, 0.717) is 75.4 Å². The Morgan fingerprint density at radius 1 is 0.226 bits per heavy atom. The number of nitrogens with zero attached hydrogens (tertiary/aromatic N) is 2. The molecule has 0 radical (unpaired) electrons. The van der Waals surface area contributed by atoms with Crippen LogP contribution in [0.5, 0.6) is 0 Å². The van der Waals surface area contributed by atoms with Crippen LogP contribution in [0.15, 0.2) is 337 Å². The number of fused-ring (bicyclic) bond motifs is 10. The van der Waals surface area contributed by atoms with Crippen LogP contribution in [0.2, 0.25) is 0 Å². The number of benzene rings is 10. The first-order valence-corrected chi connectivity index (χ1v) is 35.5. The zero-order chi connectivity index (χ0) is 72.6. The number of aliphatic imine (C=N–C) groups is 2. The van der Waals surface area contributed by atoms with Crippen LogP contribution in [0.3, 0.4) is 0 Å². The Balaban J connectivity index is 1.06. The van der Waals surface area contributed by atoms with Gasteiger partial charge in [0.1, 0.15) is 0 Å². The van der Waals surface area contributed by atoms with Gasteiger partial charge in [-0.3, -0.25) is 9.98 Å². The van der Waals surface area contributed by atoms with Crippen LogP contribution in [0.25, 0.3) is 11.1 Å². The lowest BCUT2D eigenvalue weighted by molar-refractivity contribution is 0.376. The maximum Gasteiger partial charge on any atom is 0.200 e. The zero-order valence-electron chi connectivity index (χ0n) is 55.5. The maximum atomic E-state index is 17.5. The number of H-pyrrole nitrogens is 2. The predicted molar refractivity (Wildman–Crippen MR) is 397 cm³/mol. The molecule has 4 aromatic heterocycles. The molecule has 3 aliphatic heterocycles. The highest BCUT2D eigenvalue weighted by Gasteiger charge is 2.50. The largest absolute Gasteiger partial charge is 0.357 e. The van der Waals surface area contributed by atoms with E-state index in [4.69, 9.17) is 9.98 Å². The molecule has 0 atom stereocenters. The van der Waals surface area contributed by atoms with Gasteiger partial charge in [-0.2, -0.15) is 0 Å². The normalized spacial score (nSPS) is 16.9. The molecular weight excluding hydrogens is 1390 g/mol. The summed E-state index contributed by atoms with van der Waals surface area (Å²) in [5, 5.41) is 0. The van der Waals surface area contributed by atoms with Crippen molar-refractivity contribution in [3.05, 3.63) is 483 Å². The van der Waals surface area contributed by atoms with Crippen molar-refractivity contribution in [1.82, 2.24) is 9.97 Å². The van der Waals surface area contributed by atoms with E-state index in [0.717, 1.165) is 0 Å². The Hall–Kier alpha value is -12.2. The lowest BCUT2D eigenvalue weighted by atomic mass is 9.69. The van der Waals surface area contributed by atoms with Crippen LogP contribution in [-0.4, -0.2) is 21.4 Å². The van der Waals surface area contributed by atoms with Crippen LogP contribution in [-0.2, 0) is 21.7 Å². The molecule has 0 fully saturated rings. The highest BCUT2D eigenvalue weighted by atomic mass is 32.1. The number of hydrogen-bond acceptors (Lipinski definition) is 4. The van der Waals surface area contributed by atoms with Gasteiger partial charge in [0, 0.05) is 53.4 Å². The van der Waals surface area contributed by atoms with Gasteiger partial charge < -0.3 is 9.97 Å². The van der Waals surface area contributed by atoms with Crippen molar-refractivity contribution in [1.29, 1.82) is 0 Å². The molecule has 10 aromatic carbocycles. The number of halogens is 10. The van der Waals surface area contributed by atoms with Crippen LogP contribution >= 0.6 is 22.7 Å². The lowest BCUT2D eigenvalue weighted by Crippen LogP contribution is -2.36. The quantitative estimate of drug-likeness (QED) is 0.0779. The summed E-state index contributed by atoms with van der Waals surface area (Å²) in [7, 11) is 0. The van der Waals surface area contributed by atoms with Gasteiger partial charge in [-0.05, 0) is 117 Å². The summed E-state index contributed by atoms with van der Waals surface area (Å²) >= 11 is 2.70. The summed E-state index contributed by atoms with van der Waals surface area (Å²) in [6.45, 7) is 0. The zero-order valence-corrected chi connectivity index (χ0v) is 57.1. The van der Waals surface area contributed by atoms with Crippen LogP contribution < -0.4 is 0 Å². The topological polar surface area (TPSA) is 56.3 Å². The summed E-state index contributed by atoms with van der Waals surface area (Å²) < 4.78 is 166. The third-order valence-electron chi connectivity index (χ3n) is 20.5. The van der Waals surface area contributed by atoms with Gasteiger partial charge in [-0.25, -0.2) is 43.9 Å². The van der Waals surface area contributed by atoms with Crippen molar-refractivity contribution in [2.75, 3.05) is 0 Å². The highest BCUT2D eigenvalue weighted by Crippen LogP contribution is 2.56. The Morgan fingerprint density at radius 3 is 0.689 bits per heavy atom. The van der Waals surface area contributed by atoms with Gasteiger partial charge in [0.25, 0.3) is 0 Å². The Labute approximate surface area is 610 Å². The monoisotopic (exact) mass is 1440 g/mol. The molecule has 0 saturated heterocycles. The number of thiophene rings is 2. The molecule has 106 heavy (non-hydrogen) atoms. The van der Waals surface area contributed by atoms with E-state index < -0.39 is 102 Å². The van der Waals surface area contributed by atoms with Gasteiger partial charge in [0.2, 0.25) is 11.6 Å². The van der Waals surface area contributed by atoms with Crippen molar-refractivity contribution in [2.24, 2.45) is 9.98 Å². The molecule has 12 bridgehead atoms. The van der Waals surface area contributed by atoms with Gasteiger partial charge in [-0.15, -0.1) is 22.7 Å². The number of nitrogens with one attached hydrogen (secondary N) is 2. The van der Waals surface area contributed by atoms with Crippen LogP contribution in [0, 0.1) is 58.2 Å². The van der Waals surface area contributed by atoms with E-state index >= 15 is 43.9 Å².